The van der Waals surface area contributed by atoms with Crippen molar-refractivity contribution in [1.82, 2.24) is 9.88 Å². The number of ether oxygens (including phenoxy) is 2. The van der Waals surface area contributed by atoms with Crippen LogP contribution in [-0.2, 0) is 17.9 Å². The fourth-order valence-electron chi connectivity index (χ4n) is 3.39. The van der Waals surface area contributed by atoms with Crippen LogP contribution in [0.3, 0.4) is 0 Å². The molecule has 150 valence electrons. The monoisotopic (exact) mass is 396 g/mol. The number of rotatable bonds is 6. The molecule has 3 aromatic rings. The zero-order valence-electron chi connectivity index (χ0n) is 15.9. The van der Waals surface area contributed by atoms with Crippen LogP contribution in [0.15, 0.2) is 67.0 Å². The molecule has 1 fully saturated rings. The molecule has 1 atom stereocenters. The van der Waals surface area contributed by atoms with Crippen LogP contribution in [0.25, 0.3) is 0 Å². The third-order valence-electron chi connectivity index (χ3n) is 4.94. The Morgan fingerprint density at radius 2 is 1.79 bits per heavy atom. The highest BCUT2D eigenvalue weighted by Gasteiger charge is 2.24. The number of hydrogen-bond acceptors (Lipinski definition) is 4. The molecule has 1 aliphatic heterocycles. The number of aromatic nitrogens is 1. The predicted molar refractivity (Wildman–Crippen MR) is 105 cm³/mol. The van der Waals surface area contributed by atoms with E-state index in [2.05, 4.69) is 9.88 Å². The second-order valence-electron chi connectivity index (χ2n) is 7.05. The second kappa shape index (κ2) is 9.11. The van der Waals surface area contributed by atoms with Gasteiger partial charge in [0.25, 0.3) is 0 Å². The van der Waals surface area contributed by atoms with Gasteiger partial charge in [0.1, 0.15) is 24.0 Å². The Morgan fingerprint density at radius 3 is 2.55 bits per heavy atom. The Labute approximate surface area is 168 Å². The lowest BCUT2D eigenvalue weighted by Crippen LogP contribution is -2.38. The van der Waals surface area contributed by atoms with Gasteiger partial charge in [-0.2, -0.15) is 0 Å². The first-order chi connectivity index (χ1) is 14.2. The van der Waals surface area contributed by atoms with Gasteiger partial charge < -0.3 is 9.47 Å². The predicted octanol–water partition coefficient (Wildman–Crippen LogP) is 4.51. The largest absolute Gasteiger partial charge is 0.489 e. The molecular weight excluding hydrogens is 374 g/mol. The number of halogens is 2. The molecule has 0 saturated carbocycles. The minimum Gasteiger partial charge on any atom is -0.489 e. The molecule has 1 aliphatic rings. The molecule has 1 aromatic heterocycles. The van der Waals surface area contributed by atoms with Crippen molar-refractivity contribution in [3.8, 4) is 5.75 Å². The van der Waals surface area contributed by atoms with Crippen molar-refractivity contribution in [2.75, 3.05) is 19.7 Å². The van der Waals surface area contributed by atoms with Gasteiger partial charge in [-0.15, -0.1) is 0 Å². The Kier molecular flexibility index (Phi) is 6.12. The van der Waals surface area contributed by atoms with Gasteiger partial charge >= 0.3 is 0 Å². The molecule has 4 rings (SSSR count). The van der Waals surface area contributed by atoms with Crippen molar-refractivity contribution < 1.29 is 18.3 Å². The van der Waals surface area contributed by atoms with Crippen LogP contribution in [-0.4, -0.2) is 29.6 Å². The van der Waals surface area contributed by atoms with Crippen molar-refractivity contribution in [3.63, 3.8) is 0 Å². The van der Waals surface area contributed by atoms with E-state index in [1.54, 1.807) is 12.4 Å². The van der Waals surface area contributed by atoms with Gasteiger partial charge in [0.15, 0.2) is 0 Å². The Hall–Kier alpha value is -2.83. The van der Waals surface area contributed by atoms with E-state index in [0.717, 1.165) is 36.0 Å². The Balaban J connectivity index is 1.33. The van der Waals surface area contributed by atoms with Crippen molar-refractivity contribution in [1.29, 1.82) is 0 Å². The van der Waals surface area contributed by atoms with Gasteiger partial charge in [-0.05, 0) is 41.5 Å². The van der Waals surface area contributed by atoms with Crippen LogP contribution in [0.1, 0.15) is 22.8 Å². The van der Waals surface area contributed by atoms with E-state index in [-0.39, 0.29) is 0 Å². The van der Waals surface area contributed by atoms with Crippen molar-refractivity contribution in [3.05, 3.63) is 95.3 Å². The van der Waals surface area contributed by atoms with Crippen LogP contribution in [0.2, 0.25) is 0 Å². The van der Waals surface area contributed by atoms with E-state index >= 15 is 0 Å². The Morgan fingerprint density at radius 1 is 1.00 bits per heavy atom. The highest BCUT2D eigenvalue weighted by atomic mass is 19.1. The summed E-state index contributed by atoms with van der Waals surface area (Å²) in [7, 11) is 0. The first-order valence-corrected chi connectivity index (χ1v) is 9.57. The highest BCUT2D eigenvalue weighted by Crippen LogP contribution is 2.26. The molecule has 6 heteroatoms. The summed E-state index contributed by atoms with van der Waals surface area (Å²) in [6.45, 7) is 3.06. The molecule has 4 nitrogen and oxygen atoms in total. The Bertz CT molecular complexity index is 935. The summed E-state index contributed by atoms with van der Waals surface area (Å²) >= 11 is 0. The molecule has 2 aromatic carbocycles. The van der Waals surface area contributed by atoms with Gasteiger partial charge in [-0.3, -0.25) is 9.88 Å². The summed E-state index contributed by atoms with van der Waals surface area (Å²) in [6, 6.07) is 15.5. The second-order valence-corrected chi connectivity index (χ2v) is 7.05. The normalized spacial score (nSPS) is 17.2. The maximum absolute atomic E-state index is 14.1. The van der Waals surface area contributed by atoms with E-state index in [1.165, 1.54) is 12.1 Å². The molecule has 29 heavy (non-hydrogen) atoms. The maximum Gasteiger partial charge on any atom is 0.131 e. The zero-order valence-corrected chi connectivity index (χ0v) is 15.9. The van der Waals surface area contributed by atoms with Crippen LogP contribution >= 0.6 is 0 Å². The quantitative estimate of drug-likeness (QED) is 0.614. The summed E-state index contributed by atoms with van der Waals surface area (Å²) < 4.78 is 38.7. The number of benzene rings is 2. The lowest BCUT2D eigenvalue weighted by Gasteiger charge is -2.33. The molecule has 0 radical (unpaired) electrons. The molecule has 0 spiro atoms. The molecule has 0 amide bonds. The van der Waals surface area contributed by atoms with Gasteiger partial charge in [-0.25, -0.2) is 8.78 Å². The SMILES string of the molecule is Fc1ccc(C2CN(Cc3ccc(OCc4ccncc4)cc3)CCO2)c(F)c1. The van der Waals surface area contributed by atoms with Crippen molar-refractivity contribution >= 4 is 0 Å². The first kappa shape index (κ1) is 19.5. The summed E-state index contributed by atoms with van der Waals surface area (Å²) in [5.41, 5.74) is 2.61. The molecule has 1 saturated heterocycles. The van der Waals surface area contributed by atoms with Crippen LogP contribution in [0.5, 0.6) is 5.75 Å². The third-order valence-corrected chi connectivity index (χ3v) is 4.94. The van der Waals surface area contributed by atoms with E-state index in [4.69, 9.17) is 9.47 Å². The number of hydrogen-bond donors (Lipinski definition) is 0. The summed E-state index contributed by atoms with van der Waals surface area (Å²) in [4.78, 5) is 6.21. The van der Waals surface area contributed by atoms with Crippen molar-refractivity contribution in [2.24, 2.45) is 0 Å². The van der Waals surface area contributed by atoms with Gasteiger partial charge in [0.05, 0.1) is 12.7 Å². The molecule has 0 bridgehead atoms. The third kappa shape index (κ3) is 5.16. The highest BCUT2D eigenvalue weighted by molar-refractivity contribution is 5.28. The first-order valence-electron chi connectivity index (χ1n) is 9.57. The average Bonchev–Trinajstić information content (AvgIpc) is 2.74. The van der Waals surface area contributed by atoms with Gasteiger partial charge in [0, 0.05) is 43.7 Å². The summed E-state index contributed by atoms with van der Waals surface area (Å²) in [5.74, 6) is -0.337. The van der Waals surface area contributed by atoms with Gasteiger partial charge in [-0.1, -0.05) is 18.2 Å². The fraction of sp³-hybridized carbons (Fsp3) is 0.261. The minimum absolute atomic E-state index is 0.396. The van der Waals surface area contributed by atoms with Gasteiger partial charge in [0.2, 0.25) is 0 Å². The molecule has 2 heterocycles. The lowest BCUT2D eigenvalue weighted by molar-refractivity contribution is -0.0345. The lowest BCUT2D eigenvalue weighted by atomic mass is 10.1. The molecule has 0 aliphatic carbocycles. The van der Waals surface area contributed by atoms with E-state index < -0.39 is 17.7 Å². The zero-order chi connectivity index (χ0) is 20.1. The van der Waals surface area contributed by atoms with Crippen molar-refractivity contribution in [2.45, 2.75) is 19.3 Å². The van der Waals surface area contributed by atoms with Crippen LogP contribution in [0, 0.1) is 11.6 Å². The summed E-state index contributed by atoms with van der Waals surface area (Å²) in [5, 5.41) is 0. The topological polar surface area (TPSA) is 34.6 Å². The smallest absolute Gasteiger partial charge is 0.131 e. The maximum atomic E-state index is 14.1. The number of nitrogens with zero attached hydrogens (tertiary/aromatic N) is 2. The van der Waals surface area contributed by atoms with E-state index in [0.29, 0.717) is 25.3 Å². The van der Waals surface area contributed by atoms with E-state index in [1.807, 2.05) is 36.4 Å². The standard InChI is InChI=1S/C23H22F2N2O2/c24-19-3-6-21(22(25)13-19)23-15-27(11-12-28-23)14-17-1-4-20(5-2-17)29-16-18-7-9-26-10-8-18/h1-10,13,23H,11-12,14-16H2. The average molecular weight is 396 g/mol. The number of morpholine rings is 1. The molecule has 0 N–H and O–H groups in total. The van der Waals surface area contributed by atoms with Crippen LogP contribution in [0.4, 0.5) is 8.78 Å². The summed E-state index contributed by atoms with van der Waals surface area (Å²) in [6.07, 6.45) is 3.09. The van der Waals surface area contributed by atoms with Crippen LogP contribution < -0.4 is 4.74 Å². The number of pyridine rings is 1. The fourth-order valence-corrected chi connectivity index (χ4v) is 3.39. The molecular formula is C23H22F2N2O2. The minimum atomic E-state index is -0.579. The molecule has 1 unspecified atom stereocenters. The van der Waals surface area contributed by atoms with E-state index in [9.17, 15) is 8.78 Å².